The van der Waals surface area contributed by atoms with Gasteiger partial charge in [0.15, 0.2) is 0 Å². The number of amides is 2. The Morgan fingerprint density at radius 1 is 1.27 bits per heavy atom. The average Bonchev–Trinajstić information content (AvgIpc) is 2.47. The van der Waals surface area contributed by atoms with E-state index in [1.807, 2.05) is 24.3 Å². The number of anilines is 1. The maximum absolute atomic E-state index is 11.8. The minimum atomic E-state index is -0.354. The van der Waals surface area contributed by atoms with E-state index in [1.54, 1.807) is 30.5 Å². The van der Waals surface area contributed by atoms with E-state index in [4.69, 9.17) is 16.3 Å². The van der Waals surface area contributed by atoms with Crippen LogP contribution in [0.3, 0.4) is 0 Å². The predicted octanol–water partition coefficient (Wildman–Crippen LogP) is 4.90. The van der Waals surface area contributed by atoms with Crippen molar-refractivity contribution in [3.8, 4) is 5.75 Å². The molecule has 114 valence electrons. The fraction of sp³-hybridized carbons (Fsp3) is 0.0625. The molecule has 2 rings (SSSR count). The number of rotatable bonds is 4. The molecule has 0 aliphatic rings. The number of benzene rings is 2. The van der Waals surface area contributed by atoms with Gasteiger partial charge in [0.25, 0.3) is 0 Å². The maximum Gasteiger partial charge on any atom is 0.323 e. The first-order valence-corrected chi connectivity index (χ1v) is 7.59. The number of halogens is 2. The van der Waals surface area contributed by atoms with Crippen LogP contribution in [0, 0.1) is 0 Å². The van der Waals surface area contributed by atoms with Crippen LogP contribution >= 0.6 is 27.5 Å². The first-order valence-electron chi connectivity index (χ1n) is 6.41. The second kappa shape index (κ2) is 7.87. The van der Waals surface area contributed by atoms with Gasteiger partial charge in [0, 0.05) is 16.4 Å². The summed E-state index contributed by atoms with van der Waals surface area (Å²) in [6, 6.07) is 12.4. The molecule has 22 heavy (non-hydrogen) atoms. The number of methoxy groups -OCH3 is 1. The smallest absolute Gasteiger partial charge is 0.323 e. The molecule has 2 amide bonds. The first kappa shape index (κ1) is 16.4. The topological polar surface area (TPSA) is 50.4 Å². The lowest BCUT2D eigenvalue weighted by molar-refractivity contribution is 0.255. The summed E-state index contributed by atoms with van der Waals surface area (Å²) in [5, 5.41) is 5.74. The molecule has 2 N–H and O–H groups in total. The van der Waals surface area contributed by atoms with Crippen LogP contribution in [0.25, 0.3) is 6.08 Å². The lowest BCUT2D eigenvalue weighted by atomic mass is 10.2. The van der Waals surface area contributed by atoms with Gasteiger partial charge in [0.1, 0.15) is 5.75 Å². The Hall–Kier alpha value is -1.98. The normalized spacial score (nSPS) is 10.5. The van der Waals surface area contributed by atoms with Crippen molar-refractivity contribution < 1.29 is 9.53 Å². The third-order valence-electron chi connectivity index (χ3n) is 2.75. The van der Waals surface area contributed by atoms with Crippen LogP contribution in [0.5, 0.6) is 5.75 Å². The fourth-order valence-corrected chi connectivity index (χ4v) is 2.41. The van der Waals surface area contributed by atoms with Crippen molar-refractivity contribution in [2.75, 3.05) is 12.4 Å². The molecule has 6 heteroatoms. The van der Waals surface area contributed by atoms with Crippen molar-refractivity contribution in [2.24, 2.45) is 0 Å². The molecule has 0 spiro atoms. The molecule has 2 aromatic rings. The van der Waals surface area contributed by atoms with Crippen LogP contribution in [0.2, 0.25) is 5.02 Å². The van der Waals surface area contributed by atoms with Gasteiger partial charge < -0.3 is 15.4 Å². The molecule has 0 heterocycles. The van der Waals surface area contributed by atoms with Crippen LogP contribution in [-0.2, 0) is 0 Å². The summed E-state index contributed by atoms with van der Waals surface area (Å²) < 4.78 is 6.03. The van der Waals surface area contributed by atoms with E-state index in [-0.39, 0.29) is 6.03 Å². The standard InChI is InChI=1S/C16H14BrClN2O2/c1-22-15-6-5-13(10-14(15)18)20-16(21)19-8-7-11-3-2-4-12(17)9-11/h2-10H,1H3,(H2,19,20,21)/b8-7+. The summed E-state index contributed by atoms with van der Waals surface area (Å²) in [5.74, 6) is 0.558. The summed E-state index contributed by atoms with van der Waals surface area (Å²) in [6.07, 6.45) is 3.37. The zero-order valence-corrected chi connectivity index (χ0v) is 14.1. The Labute approximate surface area is 142 Å². The first-order chi connectivity index (χ1) is 10.6. The van der Waals surface area contributed by atoms with Crippen molar-refractivity contribution in [2.45, 2.75) is 0 Å². The van der Waals surface area contributed by atoms with E-state index in [0.29, 0.717) is 16.5 Å². The second-order valence-corrected chi connectivity index (χ2v) is 5.66. The van der Waals surface area contributed by atoms with Gasteiger partial charge in [-0.3, -0.25) is 0 Å². The highest BCUT2D eigenvalue weighted by Crippen LogP contribution is 2.27. The van der Waals surface area contributed by atoms with Gasteiger partial charge in [-0.15, -0.1) is 0 Å². The van der Waals surface area contributed by atoms with Crippen LogP contribution < -0.4 is 15.4 Å². The van der Waals surface area contributed by atoms with Crippen molar-refractivity contribution in [1.29, 1.82) is 0 Å². The van der Waals surface area contributed by atoms with Crippen molar-refractivity contribution in [1.82, 2.24) is 5.32 Å². The minimum absolute atomic E-state index is 0.354. The van der Waals surface area contributed by atoms with Gasteiger partial charge in [-0.05, 0) is 42.0 Å². The molecule has 0 aromatic heterocycles. The van der Waals surface area contributed by atoms with E-state index in [1.165, 1.54) is 7.11 Å². The van der Waals surface area contributed by atoms with Crippen molar-refractivity contribution >= 4 is 45.3 Å². The van der Waals surface area contributed by atoms with E-state index in [0.717, 1.165) is 10.0 Å². The summed E-state index contributed by atoms with van der Waals surface area (Å²) in [5.41, 5.74) is 1.56. The van der Waals surface area contributed by atoms with Gasteiger partial charge in [-0.25, -0.2) is 4.79 Å². The van der Waals surface area contributed by atoms with Gasteiger partial charge in [0.05, 0.1) is 12.1 Å². The molecule has 0 unspecified atom stereocenters. The number of hydrogen-bond donors (Lipinski definition) is 2. The van der Waals surface area contributed by atoms with E-state index in [2.05, 4.69) is 26.6 Å². The average molecular weight is 382 g/mol. The van der Waals surface area contributed by atoms with Crippen molar-refractivity contribution in [3.63, 3.8) is 0 Å². The van der Waals surface area contributed by atoms with E-state index >= 15 is 0 Å². The Morgan fingerprint density at radius 3 is 2.77 bits per heavy atom. The second-order valence-electron chi connectivity index (χ2n) is 4.34. The quantitative estimate of drug-likeness (QED) is 0.791. The molecule has 0 aliphatic carbocycles. The van der Waals surface area contributed by atoms with Crippen LogP contribution in [-0.4, -0.2) is 13.1 Å². The molecule has 0 radical (unpaired) electrons. The Kier molecular flexibility index (Phi) is 5.86. The lowest BCUT2D eigenvalue weighted by Crippen LogP contribution is -2.23. The monoisotopic (exact) mass is 380 g/mol. The number of carbonyl (C=O) groups excluding carboxylic acids is 1. The summed E-state index contributed by atoms with van der Waals surface area (Å²) >= 11 is 9.39. The molecule has 4 nitrogen and oxygen atoms in total. The zero-order valence-electron chi connectivity index (χ0n) is 11.8. The van der Waals surface area contributed by atoms with Crippen molar-refractivity contribution in [3.05, 3.63) is 63.7 Å². The summed E-state index contributed by atoms with van der Waals surface area (Å²) in [7, 11) is 1.54. The van der Waals surface area contributed by atoms with Gasteiger partial charge >= 0.3 is 6.03 Å². The number of nitrogens with one attached hydrogen (secondary N) is 2. The van der Waals surface area contributed by atoms with Gasteiger partial charge in [-0.2, -0.15) is 0 Å². The summed E-state index contributed by atoms with van der Waals surface area (Å²) in [4.78, 5) is 11.8. The SMILES string of the molecule is COc1ccc(NC(=O)N/C=C/c2cccc(Br)c2)cc1Cl. The Bertz CT molecular complexity index is 704. The number of hydrogen-bond acceptors (Lipinski definition) is 2. The fourth-order valence-electron chi connectivity index (χ4n) is 1.74. The van der Waals surface area contributed by atoms with Gasteiger partial charge in [0.2, 0.25) is 0 Å². The predicted molar refractivity (Wildman–Crippen MR) is 93.3 cm³/mol. The van der Waals surface area contributed by atoms with E-state index in [9.17, 15) is 4.79 Å². The molecule has 2 aromatic carbocycles. The summed E-state index contributed by atoms with van der Waals surface area (Å²) in [6.45, 7) is 0. The Morgan fingerprint density at radius 2 is 2.09 bits per heavy atom. The van der Waals surface area contributed by atoms with Crippen LogP contribution in [0.4, 0.5) is 10.5 Å². The lowest BCUT2D eigenvalue weighted by Gasteiger charge is -2.07. The third kappa shape index (κ3) is 4.79. The number of ether oxygens (including phenoxy) is 1. The molecule has 0 aliphatic heterocycles. The minimum Gasteiger partial charge on any atom is -0.495 e. The van der Waals surface area contributed by atoms with E-state index < -0.39 is 0 Å². The molecule has 0 saturated carbocycles. The molecule has 0 atom stereocenters. The molecule has 0 saturated heterocycles. The largest absolute Gasteiger partial charge is 0.495 e. The molecule has 0 bridgehead atoms. The molecular formula is C16H14BrClN2O2. The van der Waals surface area contributed by atoms with Crippen LogP contribution in [0.1, 0.15) is 5.56 Å². The number of urea groups is 1. The third-order valence-corrected chi connectivity index (χ3v) is 3.54. The van der Waals surface area contributed by atoms with Crippen LogP contribution in [0.15, 0.2) is 53.1 Å². The highest BCUT2D eigenvalue weighted by molar-refractivity contribution is 9.10. The Balaban J connectivity index is 1.91. The van der Waals surface area contributed by atoms with Gasteiger partial charge in [-0.1, -0.05) is 39.7 Å². The highest BCUT2D eigenvalue weighted by atomic mass is 79.9. The number of carbonyl (C=O) groups is 1. The molecule has 0 fully saturated rings. The zero-order chi connectivity index (χ0) is 15.9. The highest BCUT2D eigenvalue weighted by Gasteiger charge is 2.04. The molecular weight excluding hydrogens is 368 g/mol. The maximum atomic E-state index is 11.8.